The summed E-state index contributed by atoms with van der Waals surface area (Å²) in [5, 5.41) is 3.16. The number of hydrogen-bond donors (Lipinski definition) is 1. The Labute approximate surface area is 84.7 Å². The van der Waals surface area contributed by atoms with Crippen molar-refractivity contribution < 1.29 is 4.79 Å². The third-order valence-corrected chi connectivity index (χ3v) is 1.89. The van der Waals surface area contributed by atoms with E-state index in [9.17, 15) is 4.79 Å². The van der Waals surface area contributed by atoms with Crippen LogP contribution in [0.25, 0.3) is 0 Å². The fourth-order valence-corrected chi connectivity index (χ4v) is 1.04. The fourth-order valence-electron chi connectivity index (χ4n) is 1.04. The molecule has 1 N–H and O–H groups in total. The number of hydrogen-bond acceptors (Lipinski definition) is 2. The first kappa shape index (κ1) is 10.6. The number of rotatable bonds is 4. The second kappa shape index (κ2) is 5.27. The molecule has 0 bridgehead atoms. The smallest absolute Gasteiger partial charge is 0.223 e. The predicted molar refractivity (Wildman–Crippen MR) is 57.1 cm³/mol. The van der Waals surface area contributed by atoms with Crippen molar-refractivity contribution in [3.63, 3.8) is 0 Å². The molecular formula is C11H15N2O. The van der Waals surface area contributed by atoms with E-state index >= 15 is 0 Å². The van der Waals surface area contributed by atoms with Crippen LogP contribution in [0, 0.1) is 6.07 Å². The van der Waals surface area contributed by atoms with Gasteiger partial charge in [0.2, 0.25) is 5.91 Å². The summed E-state index contributed by atoms with van der Waals surface area (Å²) in [5.41, 5.74) is 1.02. The second-order valence-electron chi connectivity index (χ2n) is 3.25. The van der Waals surface area contributed by atoms with Crippen LogP contribution in [0.1, 0.15) is 6.42 Å². The zero-order valence-electron chi connectivity index (χ0n) is 8.58. The summed E-state index contributed by atoms with van der Waals surface area (Å²) in [6.45, 7) is 0.668. The van der Waals surface area contributed by atoms with Crippen LogP contribution in [0.3, 0.4) is 0 Å². The molecule has 1 radical (unpaired) electrons. The Bertz CT molecular complexity index is 283. The molecule has 1 rings (SSSR count). The molecule has 0 unspecified atom stereocenters. The zero-order valence-corrected chi connectivity index (χ0v) is 8.58. The van der Waals surface area contributed by atoms with E-state index in [0.29, 0.717) is 13.0 Å². The normalized spacial score (nSPS) is 9.57. The summed E-state index contributed by atoms with van der Waals surface area (Å²) in [6, 6.07) is 10.5. The first-order valence-electron chi connectivity index (χ1n) is 4.60. The quantitative estimate of drug-likeness (QED) is 0.779. The Morgan fingerprint density at radius 3 is 2.64 bits per heavy atom. The first-order chi connectivity index (χ1) is 6.70. The minimum atomic E-state index is 0.139. The number of benzene rings is 1. The second-order valence-corrected chi connectivity index (χ2v) is 3.25. The number of amides is 1. The Morgan fingerprint density at radius 2 is 2.07 bits per heavy atom. The molecule has 1 aromatic rings. The molecule has 0 aliphatic rings. The standard InChI is InChI=1S/C11H15N2O/c1-13(2)11(14)8-9-12-10-6-4-3-5-7-10/h4-7,12H,8-9H2,1-2H3. The van der Waals surface area contributed by atoms with Crippen molar-refractivity contribution in [2.24, 2.45) is 0 Å². The van der Waals surface area contributed by atoms with E-state index in [-0.39, 0.29) is 5.91 Å². The van der Waals surface area contributed by atoms with Crippen LogP contribution in [-0.4, -0.2) is 31.4 Å². The highest BCUT2D eigenvalue weighted by Crippen LogP contribution is 2.04. The third kappa shape index (κ3) is 3.47. The van der Waals surface area contributed by atoms with Crippen molar-refractivity contribution >= 4 is 11.6 Å². The monoisotopic (exact) mass is 191 g/mol. The summed E-state index contributed by atoms with van der Waals surface area (Å²) < 4.78 is 0. The highest BCUT2D eigenvalue weighted by atomic mass is 16.2. The molecule has 3 heteroatoms. The summed E-state index contributed by atoms with van der Waals surface area (Å²) in [7, 11) is 3.53. The number of nitrogens with one attached hydrogen (secondary N) is 1. The Balaban J connectivity index is 2.26. The molecule has 0 aromatic heterocycles. The highest BCUT2D eigenvalue weighted by Gasteiger charge is 2.01. The van der Waals surface area contributed by atoms with E-state index < -0.39 is 0 Å². The molecule has 0 fully saturated rings. The molecule has 0 saturated heterocycles. The lowest BCUT2D eigenvalue weighted by Gasteiger charge is -2.10. The molecule has 3 nitrogen and oxygen atoms in total. The van der Waals surface area contributed by atoms with Crippen LogP contribution in [0.4, 0.5) is 5.69 Å². The Kier molecular flexibility index (Phi) is 3.98. The lowest BCUT2D eigenvalue weighted by atomic mass is 10.3. The average Bonchev–Trinajstić information content (AvgIpc) is 2.19. The Morgan fingerprint density at radius 1 is 1.43 bits per heavy atom. The molecule has 75 valence electrons. The summed E-state index contributed by atoms with van der Waals surface area (Å²) in [6.07, 6.45) is 0.519. The largest absolute Gasteiger partial charge is 0.385 e. The molecule has 1 aromatic carbocycles. The lowest BCUT2D eigenvalue weighted by molar-refractivity contribution is -0.128. The van der Waals surface area contributed by atoms with Crippen molar-refractivity contribution in [2.75, 3.05) is 26.0 Å². The van der Waals surface area contributed by atoms with Crippen LogP contribution >= 0.6 is 0 Å². The van der Waals surface area contributed by atoms with Gasteiger partial charge < -0.3 is 10.2 Å². The summed E-state index contributed by atoms with van der Waals surface area (Å²) >= 11 is 0. The van der Waals surface area contributed by atoms with E-state index in [1.54, 1.807) is 19.0 Å². The molecule has 0 heterocycles. The van der Waals surface area contributed by atoms with Crippen LogP contribution in [-0.2, 0) is 4.79 Å². The van der Waals surface area contributed by atoms with Gasteiger partial charge in [0.25, 0.3) is 0 Å². The lowest BCUT2D eigenvalue weighted by Crippen LogP contribution is -2.23. The summed E-state index contributed by atoms with van der Waals surface area (Å²) in [5.74, 6) is 0.139. The van der Waals surface area contributed by atoms with Crippen molar-refractivity contribution in [1.82, 2.24) is 4.90 Å². The maximum Gasteiger partial charge on any atom is 0.223 e. The highest BCUT2D eigenvalue weighted by molar-refractivity contribution is 5.76. The zero-order chi connectivity index (χ0) is 10.4. The summed E-state index contributed by atoms with van der Waals surface area (Å²) in [4.78, 5) is 12.8. The molecule has 14 heavy (non-hydrogen) atoms. The number of anilines is 1. The predicted octanol–water partition coefficient (Wildman–Crippen LogP) is 1.38. The van der Waals surface area contributed by atoms with Crippen LogP contribution in [0.2, 0.25) is 0 Å². The first-order valence-corrected chi connectivity index (χ1v) is 4.60. The minimum Gasteiger partial charge on any atom is -0.385 e. The fraction of sp³-hybridized carbons (Fsp3) is 0.364. The maximum absolute atomic E-state index is 11.2. The molecule has 0 atom stereocenters. The molecule has 0 saturated carbocycles. The Hall–Kier alpha value is -1.51. The van der Waals surface area contributed by atoms with Crippen molar-refractivity contribution in [2.45, 2.75) is 6.42 Å². The molecule has 0 aliphatic heterocycles. The van der Waals surface area contributed by atoms with Gasteiger partial charge in [0.1, 0.15) is 0 Å². The topological polar surface area (TPSA) is 32.3 Å². The van der Waals surface area contributed by atoms with Gasteiger partial charge in [-0.2, -0.15) is 0 Å². The van der Waals surface area contributed by atoms with Crippen LogP contribution in [0.15, 0.2) is 24.3 Å². The van der Waals surface area contributed by atoms with Gasteiger partial charge in [-0.1, -0.05) is 12.1 Å². The van der Waals surface area contributed by atoms with Crippen LogP contribution < -0.4 is 5.32 Å². The van der Waals surface area contributed by atoms with E-state index in [1.807, 2.05) is 24.3 Å². The molecular weight excluding hydrogens is 176 g/mol. The van der Waals surface area contributed by atoms with Gasteiger partial charge >= 0.3 is 0 Å². The molecule has 0 aliphatic carbocycles. The van der Waals surface area contributed by atoms with E-state index in [1.165, 1.54) is 0 Å². The number of carbonyl (C=O) groups is 1. The minimum absolute atomic E-state index is 0.139. The van der Waals surface area contributed by atoms with Gasteiger partial charge in [-0.3, -0.25) is 4.79 Å². The average molecular weight is 191 g/mol. The van der Waals surface area contributed by atoms with E-state index in [2.05, 4.69) is 11.4 Å². The van der Waals surface area contributed by atoms with Crippen molar-refractivity contribution in [3.05, 3.63) is 30.3 Å². The maximum atomic E-state index is 11.2. The van der Waals surface area contributed by atoms with Gasteiger partial charge in [0, 0.05) is 32.7 Å². The van der Waals surface area contributed by atoms with Gasteiger partial charge in [-0.05, 0) is 18.2 Å². The van der Waals surface area contributed by atoms with E-state index in [4.69, 9.17) is 0 Å². The third-order valence-electron chi connectivity index (χ3n) is 1.89. The van der Waals surface area contributed by atoms with Crippen molar-refractivity contribution in [3.8, 4) is 0 Å². The van der Waals surface area contributed by atoms with Crippen LogP contribution in [0.5, 0.6) is 0 Å². The van der Waals surface area contributed by atoms with Gasteiger partial charge in [-0.15, -0.1) is 0 Å². The molecule has 0 spiro atoms. The molecule has 1 amide bonds. The number of carbonyl (C=O) groups excluding carboxylic acids is 1. The number of nitrogens with zero attached hydrogens (tertiary/aromatic N) is 1. The van der Waals surface area contributed by atoms with E-state index in [0.717, 1.165) is 5.69 Å². The van der Waals surface area contributed by atoms with Crippen molar-refractivity contribution in [1.29, 1.82) is 0 Å². The SMILES string of the molecule is CN(C)C(=O)CCNc1cc[c]cc1. The van der Waals surface area contributed by atoms with Gasteiger partial charge in [-0.25, -0.2) is 0 Å². The van der Waals surface area contributed by atoms with Gasteiger partial charge in [0.05, 0.1) is 0 Å². The van der Waals surface area contributed by atoms with Gasteiger partial charge in [0.15, 0.2) is 0 Å².